The van der Waals surface area contributed by atoms with Crippen molar-refractivity contribution in [2.45, 2.75) is 46.5 Å². The van der Waals surface area contributed by atoms with Crippen molar-refractivity contribution in [2.75, 3.05) is 72.4 Å². The van der Waals surface area contributed by atoms with E-state index in [0.29, 0.717) is 42.1 Å². The van der Waals surface area contributed by atoms with Crippen LogP contribution in [0, 0.1) is 18.3 Å². The van der Waals surface area contributed by atoms with Gasteiger partial charge in [0.25, 0.3) is 0 Å². The zero-order valence-corrected chi connectivity index (χ0v) is 28.6. The fourth-order valence-corrected chi connectivity index (χ4v) is 4.61. The molecule has 0 aromatic heterocycles. The molecule has 2 fully saturated rings. The van der Waals surface area contributed by atoms with Crippen LogP contribution in [0.1, 0.15) is 46.5 Å². The van der Waals surface area contributed by atoms with E-state index in [9.17, 15) is 4.79 Å². The number of likely N-dealkylation sites (tertiary alicyclic amines) is 1. The lowest BCUT2D eigenvalue weighted by atomic mass is 9.97. The number of rotatable bonds is 12. The fourth-order valence-electron chi connectivity index (χ4n) is 4.45. The van der Waals surface area contributed by atoms with E-state index >= 15 is 0 Å². The highest BCUT2D eigenvalue weighted by atomic mass is 35.5. The number of nitrogens with zero attached hydrogens (tertiary/aromatic N) is 5. The summed E-state index contributed by atoms with van der Waals surface area (Å²) in [5.74, 6) is 4.89. The summed E-state index contributed by atoms with van der Waals surface area (Å²) in [6.07, 6.45) is 13.3. The maximum Gasteiger partial charge on any atom is 0.406 e. The molecular weight excluding hydrogens is 601 g/mol. The summed E-state index contributed by atoms with van der Waals surface area (Å²) in [5, 5.41) is 3.07. The molecule has 2 rings (SSSR count). The zero-order chi connectivity index (χ0) is 32.9. The molecule has 10 nitrogen and oxygen atoms in total. The van der Waals surface area contributed by atoms with Gasteiger partial charge in [0.15, 0.2) is 5.96 Å². The number of hydrogen-bond acceptors (Lipinski definition) is 7. The number of amides is 1. The molecule has 2 aliphatic rings. The maximum absolute atomic E-state index is 11.3. The normalized spacial score (nSPS) is 18.2. The van der Waals surface area contributed by atoms with E-state index in [1.165, 1.54) is 0 Å². The molecular formula is C32H51Cl2N7O3. The summed E-state index contributed by atoms with van der Waals surface area (Å²) < 4.78 is 11.0. The van der Waals surface area contributed by atoms with Crippen molar-refractivity contribution in [2.24, 2.45) is 21.6 Å². The second kappa shape index (κ2) is 22.5. The molecule has 1 amide bonds. The van der Waals surface area contributed by atoms with E-state index in [1.807, 2.05) is 19.1 Å². The summed E-state index contributed by atoms with van der Waals surface area (Å²) in [6, 6.07) is 0. The van der Waals surface area contributed by atoms with Gasteiger partial charge in [0.2, 0.25) is 5.88 Å². The van der Waals surface area contributed by atoms with Crippen LogP contribution in [0.4, 0.5) is 4.79 Å². The Morgan fingerprint density at radius 2 is 1.84 bits per heavy atom. The van der Waals surface area contributed by atoms with E-state index in [2.05, 4.69) is 56.5 Å². The van der Waals surface area contributed by atoms with Gasteiger partial charge in [0.1, 0.15) is 5.76 Å². The Morgan fingerprint density at radius 1 is 1.20 bits per heavy atom. The number of hydrogen-bond donors (Lipinski definition) is 2. The number of piperazine rings is 1. The standard InChI is InChI=1S/C30H46ClN7O3.C2H5Cl/c1-7-8-27(31)9-10-28(19-23(2)21-37-13-11-26(12-14-37)22-40-30(39)33-5)35-25(4)41-24(3)20-34-29(32)38-17-15-36(6)16-18-38;1-2-3/h1,9,19-20,26H,4,8,10-18,21-22H2,2-3,5-6H3,(H2,32,34)(H,33,39);2H2,1H3/b23-19+,24-20+,27-9+,35-28-;. The zero-order valence-electron chi connectivity index (χ0n) is 27.1. The number of terminal acetylenes is 1. The van der Waals surface area contributed by atoms with Crippen LogP contribution in [-0.4, -0.2) is 105 Å². The number of carbonyl (C=O) groups is 1. The Bertz CT molecular complexity index is 1100. The number of alkyl carbamates (subject to hydrolysis) is 1. The lowest BCUT2D eigenvalue weighted by molar-refractivity contribution is 0.100. The molecule has 12 heteroatoms. The Balaban J connectivity index is 0.00000309. The number of piperidine rings is 1. The van der Waals surface area contributed by atoms with Crippen molar-refractivity contribution < 1.29 is 14.3 Å². The van der Waals surface area contributed by atoms with E-state index in [4.69, 9.17) is 44.8 Å². The highest BCUT2D eigenvalue weighted by molar-refractivity contribution is 6.29. The minimum absolute atomic E-state index is 0.240. The summed E-state index contributed by atoms with van der Waals surface area (Å²) >= 11 is 11.3. The Hall–Kier alpha value is -2.97. The minimum atomic E-state index is -0.381. The topological polar surface area (TPSA) is 108 Å². The third-order valence-electron chi connectivity index (χ3n) is 6.80. The number of guanidine groups is 1. The van der Waals surface area contributed by atoms with E-state index < -0.39 is 0 Å². The van der Waals surface area contributed by atoms with Crippen LogP contribution in [0.3, 0.4) is 0 Å². The number of nitrogens with one attached hydrogen (secondary N) is 1. The number of allylic oxidation sites excluding steroid dienone is 4. The molecule has 0 aliphatic carbocycles. The van der Waals surface area contributed by atoms with Gasteiger partial charge in [0.05, 0.1) is 12.8 Å². The molecule has 0 bridgehead atoms. The number of halogens is 2. The molecule has 0 radical (unpaired) electrons. The van der Waals surface area contributed by atoms with Crippen LogP contribution >= 0.6 is 23.2 Å². The van der Waals surface area contributed by atoms with Gasteiger partial charge in [-0.05, 0) is 65.4 Å². The number of likely N-dealkylation sites (N-methyl/N-ethyl adjacent to an activating group) is 1. The van der Waals surface area contributed by atoms with Crippen molar-refractivity contribution in [1.29, 1.82) is 0 Å². The summed E-state index contributed by atoms with van der Waals surface area (Å²) in [7, 11) is 3.66. The number of nitrogens with two attached hydrogens (primary N) is 1. The molecule has 2 aliphatic heterocycles. The largest absolute Gasteiger partial charge is 0.449 e. The van der Waals surface area contributed by atoms with Crippen LogP contribution in [0.5, 0.6) is 0 Å². The molecule has 2 heterocycles. The van der Waals surface area contributed by atoms with E-state index in [-0.39, 0.29) is 12.0 Å². The summed E-state index contributed by atoms with van der Waals surface area (Å²) in [6.45, 7) is 16.4. The van der Waals surface area contributed by atoms with Crippen molar-refractivity contribution in [1.82, 2.24) is 20.0 Å². The van der Waals surface area contributed by atoms with Gasteiger partial charge in [-0.1, -0.05) is 30.2 Å². The molecule has 3 N–H and O–H groups in total. The van der Waals surface area contributed by atoms with Crippen LogP contribution in [0.2, 0.25) is 0 Å². The second-order valence-corrected chi connectivity index (χ2v) is 11.7. The highest BCUT2D eigenvalue weighted by Gasteiger charge is 2.20. The number of ether oxygens (including phenoxy) is 2. The third kappa shape index (κ3) is 17.4. The Labute approximate surface area is 274 Å². The quantitative estimate of drug-likeness (QED) is 0.0990. The van der Waals surface area contributed by atoms with Crippen LogP contribution in [-0.2, 0) is 9.47 Å². The van der Waals surface area contributed by atoms with Crippen molar-refractivity contribution >= 4 is 41.0 Å². The first-order valence-corrected chi connectivity index (χ1v) is 15.9. The van der Waals surface area contributed by atoms with Gasteiger partial charge in [-0.15, -0.1) is 23.9 Å². The third-order valence-corrected chi connectivity index (χ3v) is 7.09. The van der Waals surface area contributed by atoms with Gasteiger partial charge < -0.3 is 30.3 Å². The summed E-state index contributed by atoms with van der Waals surface area (Å²) in [4.78, 5) is 27.0. The number of carbonyl (C=O) groups excluding carboxylic acids is 1. The lowest BCUT2D eigenvalue weighted by Crippen LogP contribution is -2.49. The molecule has 0 aromatic carbocycles. The van der Waals surface area contributed by atoms with Crippen LogP contribution < -0.4 is 11.1 Å². The number of alkyl halides is 1. The molecule has 0 unspecified atom stereocenters. The molecule has 0 aromatic rings. The molecule has 0 spiro atoms. The van der Waals surface area contributed by atoms with Gasteiger partial charge in [-0.3, -0.25) is 4.90 Å². The van der Waals surface area contributed by atoms with Gasteiger partial charge >= 0.3 is 6.09 Å². The Morgan fingerprint density at radius 3 is 2.43 bits per heavy atom. The smallest absolute Gasteiger partial charge is 0.406 e. The van der Waals surface area contributed by atoms with E-state index in [1.54, 1.807) is 20.2 Å². The monoisotopic (exact) mass is 651 g/mol. The SMILES string of the molecule is C#CC/C(Cl)=C\CC(/C=C(\C)CN1CCC(COC(=O)NC)CC1)=N/C(=C)O/C(C)=C/N=C(N)N1CCN(C)CC1.CCCl. The fraction of sp³-hybridized carbons (Fsp3) is 0.594. The first kappa shape index (κ1) is 39.1. The van der Waals surface area contributed by atoms with Crippen LogP contribution in [0.15, 0.2) is 57.2 Å². The lowest BCUT2D eigenvalue weighted by Gasteiger charge is -2.32. The Kier molecular flexibility index (Phi) is 20.0. The second-order valence-electron chi connectivity index (χ2n) is 10.7. The molecule has 246 valence electrons. The number of aliphatic imine (C=N–C) groups is 2. The molecule has 0 atom stereocenters. The molecule has 0 saturated carbocycles. The minimum Gasteiger partial charge on any atom is -0.449 e. The molecule has 2 saturated heterocycles. The average molecular weight is 653 g/mol. The summed E-state index contributed by atoms with van der Waals surface area (Å²) in [5.41, 5.74) is 8.06. The predicted octanol–water partition coefficient (Wildman–Crippen LogP) is 5.13. The first-order valence-electron chi connectivity index (χ1n) is 15.0. The van der Waals surface area contributed by atoms with Gasteiger partial charge in [0, 0.05) is 69.2 Å². The highest BCUT2D eigenvalue weighted by Crippen LogP contribution is 2.19. The van der Waals surface area contributed by atoms with Crippen molar-refractivity contribution in [3.8, 4) is 12.3 Å². The van der Waals surface area contributed by atoms with Crippen molar-refractivity contribution in [3.63, 3.8) is 0 Å². The van der Waals surface area contributed by atoms with Gasteiger partial charge in [-0.2, -0.15) is 0 Å². The maximum atomic E-state index is 11.3. The van der Waals surface area contributed by atoms with Gasteiger partial charge in [-0.25, -0.2) is 14.8 Å². The average Bonchev–Trinajstić information content (AvgIpc) is 2.99. The van der Waals surface area contributed by atoms with E-state index in [0.717, 1.165) is 75.8 Å². The van der Waals surface area contributed by atoms with Crippen LogP contribution in [0.25, 0.3) is 0 Å². The van der Waals surface area contributed by atoms with Crippen molar-refractivity contribution in [3.05, 3.63) is 47.2 Å². The molecule has 44 heavy (non-hydrogen) atoms. The predicted molar refractivity (Wildman–Crippen MR) is 184 cm³/mol. The first-order chi connectivity index (χ1) is 21.0.